The van der Waals surface area contributed by atoms with Crippen LogP contribution in [-0.4, -0.2) is 50.9 Å². The quantitative estimate of drug-likeness (QED) is 0.486. The molecule has 0 spiro atoms. The zero-order valence-corrected chi connectivity index (χ0v) is 19.0. The van der Waals surface area contributed by atoms with Crippen LogP contribution in [0.5, 0.6) is 0 Å². The molecule has 0 atom stereocenters. The number of rotatable bonds is 9. The minimum Gasteiger partial charge on any atom is -0.481 e. The highest BCUT2D eigenvalue weighted by Crippen LogP contribution is 2.37. The van der Waals surface area contributed by atoms with E-state index in [0.717, 1.165) is 30.8 Å². The Kier molecular flexibility index (Phi) is 7.09. The molecule has 0 bridgehead atoms. The molecule has 4 heterocycles. The van der Waals surface area contributed by atoms with Crippen molar-refractivity contribution < 1.29 is 9.90 Å². The summed E-state index contributed by atoms with van der Waals surface area (Å²) in [6.45, 7) is 3.10. The number of carboxylic acid groups (broad SMARTS) is 1. The molecule has 3 aromatic rings. The Bertz CT molecular complexity index is 1070. The van der Waals surface area contributed by atoms with Gasteiger partial charge in [0, 0.05) is 36.5 Å². The van der Waals surface area contributed by atoms with Gasteiger partial charge in [-0.2, -0.15) is 0 Å². The van der Waals surface area contributed by atoms with Crippen LogP contribution in [0, 0.1) is 5.41 Å². The van der Waals surface area contributed by atoms with Crippen LogP contribution in [0.15, 0.2) is 57.0 Å². The third kappa shape index (κ3) is 5.19. The molecule has 0 radical (unpaired) electrons. The van der Waals surface area contributed by atoms with E-state index in [2.05, 4.69) is 27.4 Å². The van der Waals surface area contributed by atoms with E-state index in [1.54, 1.807) is 34.2 Å². The number of thioether (sulfide) groups is 1. The highest BCUT2D eigenvalue weighted by Gasteiger charge is 2.40. The summed E-state index contributed by atoms with van der Waals surface area (Å²) < 4.78 is 3.00. The predicted octanol–water partition coefficient (Wildman–Crippen LogP) is 4.20. The first-order valence-corrected chi connectivity index (χ1v) is 12.5. The summed E-state index contributed by atoms with van der Waals surface area (Å²) in [6, 6.07) is 11.3. The molecule has 0 aromatic carbocycles. The van der Waals surface area contributed by atoms with E-state index in [9.17, 15) is 14.7 Å². The van der Waals surface area contributed by atoms with Crippen LogP contribution in [0.3, 0.4) is 0 Å². The van der Waals surface area contributed by atoms with Gasteiger partial charge in [-0.3, -0.25) is 14.2 Å². The third-order valence-electron chi connectivity index (χ3n) is 6.19. The first kappa shape index (κ1) is 22.0. The number of aryl methyl sites for hydroxylation is 1. The van der Waals surface area contributed by atoms with Crippen LogP contribution in [0.2, 0.25) is 0 Å². The molecule has 1 N–H and O–H groups in total. The van der Waals surface area contributed by atoms with Crippen LogP contribution >= 0.6 is 23.1 Å². The zero-order valence-electron chi connectivity index (χ0n) is 17.4. The van der Waals surface area contributed by atoms with Crippen molar-refractivity contribution in [2.24, 2.45) is 5.41 Å². The topological polar surface area (TPSA) is 75.4 Å². The molecule has 0 saturated carbocycles. The molecular formula is C23H27N3O3S2. The lowest BCUT2D eigenvalue weighted by molar-refractivity contribution is -0.152. The van der Waals surface area contributed by atoms with Crippen molar-refractivity contribution in [1.82, 2.24) is 14.5 Å². The molecule has 1 aliphatic rings. The molecule has 0 amide bonds. The Balaban J connectivity index is 1.32. The van der Waals surface area contributed by atoms with E-state index in [1.807, 2.05) is 23.9 Å². The summed E-state index contributed by atoms with van der Waals surface area (Å²) in [4.78, 5) is 31.3. The zero-order chi connectivity index (χ0) is 21.7. The maximum absolute atomic E-state index is 12.4. The van der Waals surface area contributed by atoms with Gasteiger partial charge < -0.3 is 10.0 Å². The van der Waals surface area contributed by atoms with E-state index >= 15 is 0 Å². The number of fused-ring (bicyclic) bond motifs is 1. The van der Waals surface area contributed by atoms with Gasteiger partial charge in [-0.15, -0.1) is 23.1 Å². The molecule has 1 aliphatic heterocycles. The number of carbonyl (C=O) groups is 1. The highest BCUT2D eigenvalue weighted by atomic mass is 32.2. The molecule has 0 unspecified atom stereocenters. The average Bonchev–Trinajstić information content (AvgIpc) is 3.30. The minimum absolute atomic E-state index is 0.0892. The molecule has 8 heteroatoms. The van der Waals surface area contributed by atoms with Crippen LogP contribution in [0.25, 0.3) is 11.0 Å². The number of piperidine rings is 1. The highest BCUT2D eigenvalue weighted by molar-refractivity contribution is 8.01. The summed E-state index contributed by atoms with van der Waals surface area (Å²) in [5.41, 5.74) is -0.120. The van der Waals surface area contributed by atoms with Crippen LogP contribution in [0.1, 0.15) is 25.7 Å². The predicted molar refractivity (Wildman–Crippen MR) is 126 cm³/mol. The van der Waals surface area contributed by atoms with Gasteiger partial charge in [0.2, 0.25) is 0 Å². The number of aromatic nitrogens is 2. The monoisotopic (exact) mass is 457 g/mol. The summed E-state index contributed by atoms with van der Waals surface area (Å²) >= 11 is 3.62. The molecular weight excluding hydrogens is 430 g/mol. The molecule has 164 valence electrons. The standard InChI is InChI=1S/C23H27N3O3S2/c27-19-7-6-18-4-1-11-24-21(18)26(19)12-3-8-23(22(28)29)9-13-25(14-10-23)15-17-31-20-5-2-16-30-20/h1-2,4-7,11,16H,3,8-10,12-15,17H2,(H,28,29). The van der Waals surface area contributed by atoms with E-state index in [4.69, 9.17) is 0 Å². The van der Waals surface area contributed by atoms with Crippen molar-refractivity contribution in [3.63, 3.8) is 0 Å². The normalized spacial score (nSPS) is 16.5. The van der Waals surface area contributed by atoms with Gasteiger partial charge in [-0.05, 0) is 68.4 Å². The Morgan fingerprint density at radius 2 is 2.00 bits per heavy atom. The van der Waals surface area contributed by atoms with Crippen molar-refractivity contribution in [1.29, 1.82) is 0 Å². The van der Waals surface area contributed by atoms with Crippen molar-refractivity contribution in [3.05, 3.63) is 58.3 Å². The van der Waals surface area contributed by atoms with Gasteiger partial charge in [0.05, 0.1) is 9.62 Å². The van der Waals surface area contributed by atoms with Crippen LogP contribution < -0.4 is 5.56 Å². The summed E-state index contributed by atoms with van der Waals surface area (Å²) in [5.74, 6) is 0.320. The lowest BCUT2D eigenvalue weighted by Crippen LogP contribution is -2.45. The summed E-state index contributed by atoms with van der Waals surface area (Å²) in [5, 5.41) is 13.0. The SMILES string of the molecule is O=C(O)C1(CCCn2c(=O)ccc3cccnc32)CCN(CCSc2cccs2)CC1. The molecule has 3 aromatic heterocycles. The fourth-order valence-electron chi connectivity index (χ4n) is 4.31. The van der Waals surface area contributed by atoms with Gasteiger partial charge in [0.25, 0.3) is 5.56 Å². The smallest absolute Gasteiger partial charge is 0.309 e. The van der Waals surface area contributed by atoms with Crippen LogP contribution in [-0.2, 0) is 11.3 Å². The largest absolute Gasteiger partial charge is 0.481 e. The van der Waals surface area contributed by atoms with Gasteiger partial charge >= 0.3 is 5.97 Å². The van der Waals surface area contributed by atoms with Gasteiger partial charge in [-0.25, -0.2) is 4.98 Å². The number of likely N-dealkylation sites (tertiary alicyclic amines) is 1. The molecule has 0 aliphatic carbocycles. The maximum atomic E-state index is 12.4. The Labute approximate surface area is 189 Å². The van der Waals surface area contributed by atoms with Crippen molar-refractivity contribution in [2.45, 2.75) is 36.4 Å². The average molecular weight is 458 g/mol. The second-order valence-electron chi connectivity index (χ2n) is 8.05. The Hall–Kier alpha value is -2.16. The van der Waals surface area contributed by atoms with Gasteiger partial charge in [0.1, 0.15) is 5.65 Å². The molecule has 1 saturated heterocycles. The van der Waals surface area contributed by atoms with Crippen molar-refractivity contribution in [2.75, 3.05) is 25.4 Å². The first-order valence-electron chi connectivity index (χ1n) is 10.6. The Morgan fingerprint density at radius 1 is 1.16 bits per heavy atom. The molecule has 4 rings (SSSR count). The summed E-state index contributed by atoms with van der Waals surface area (Å²) in [7, 11) is 0. The van der Waals surface area contributed by atoms with E-state index in [-0.39, 0.29) is 5.56 Å². The fraction of sp³-hybridized carbons (Fsp3) is 0.435. The fourth-order valence-corrected chi connectivity index (χ4v) is 6.17. The number of hydrogen-bond donors (Lipinski definition) is 1. The first-order chi connectivity index (χ1) is 15.1. The maximum Gasteiger partial charge on any atom is 0.309 e. The number of carboxylic acids is 1. The lowest BCUT2D eigenvalue weighted by Gasteiger charge is -2.39. The second kappa shape index (κ2) is 9.97. The third-order valence-corrected chi connectivity index (χ3v) is 8.31. The number of thiophene rings is 1. The van der Waals surface area contributed by atoms with E-state index in [0.29, 0.717) is 37.9 Å². The van der Waals surface area contributed by atoms with E-state index < -0.39 is 11.4 Å². The molecule has 6 nitrogen and oxygen atoms in total. The minimum atomic E-state index is -0.705. The van der Waals surface area contributed by atoms with Crippen LogP contribution in [0.4, 0.5) is 0 Å². The number of hydrogen-bond acceptors (Lipinski definition) is 6. The second-order valence-corrected chi connectivity index (χ2v) is 10.4. The van der Waals surface area contributed by atoms with Gasteiger partial charge in [0.15, 0.2) is 0 Å². The summed E-state index contributed by atoms with van der Waals surface area (Å²) in [6.07, 6.45) is 4.23. The number of nitrogens with zero attached hydrogens (tertiary/aromatic N) is 3. The Morgan fingerprint density at radius 3 is 2.74 bits per heavy atom. The van der Waals surface area contributed by atoms with Crippen molar-refractivity contribution in [3.8, 4) is 0 Å². The van der Waals surface area contributed by atoms with Gasteiger partial charge in [-0.1, -0.05) is 6.07 Å². The molecule has 1 fully saturated rings. The van der Waals surface area contributed by atoms with E-state index in [1.165, 1.54) is 4.21 Å². The number of pyridine rings is 2. The number of aliphatic carboxylic acids is 1. The molecule has 31 heavy (non-hydrogen) atoms. The lowest BCUT2D eigenvalue weighted by atomic mass is 9.75. The van der Waals surface area contributed by atoms with Crippen molar-refractivity contribution >= 4 is 40.1 Å².